The second-order valence-electron chi connectivity index (χ2n) is 5.53. The SMILES string of the molecule is CCOCN1C(=O)NC(=O)C2CCCc3ccccc3C21. The summed E-state index contributed by atoms with van der Waals surface area (Å²) in [6, 6.07) is 7.53. The molecule has 0 saturated carbocycles. The summed E-state index contributed by atoms with van der Waals surface area (Å²) in [6.45, 7) is 2.65. The fourth-order valence-electron chi connectivity index (χ4n) is 3.32. The minimum atomic E-state index is -0.355. The molecule has 0 spiro atoms. The third-order valence-electron chi connectivity index (χ3n) is 4.31. The summed E-state index contributed by atoms with van der Waals surface area (Å²) in [7, 11) is 0. The molecule has 0 bridgehead atoms. The summed E-state index contributed by atoms with van der Waals surface area (Å²) < 4.78 is 5.44. The van der Waals surface area contributed by atoms with Gasteiger partial charge in [0.2, 0.25) is 5.91 Å². The van der Waals surface area contributed by atoms with Gasteiger partial charge < -0.3 is 4.74 Å². The summed E-state index contributed by atoms with van der Waals surface area (Å²) in [5.41, 5.74) is 2.32. The predicted molar refractivity (Wildman–Crippen MR) is 77.5 cm³/mol. The van der Waals surface area contributed by atoms with Gasteiger partial charge in [0.15, 0.2) is 0 Å². The highest BCUT2D eigenvalue weighted by Crippen LogP contribution is 2.39. The van der Waals surface area contributed by atoms with E-state index in [0.29, 0.717) is 6.61 Å². The van der Waals surface area contributed by atoms with E-state index in [1.165, 1.54) is 5.56 Å². The summed E-state index contributed by atoms with van der Waals surface area (Å²) in [5, 5.41) is 2.46. The lowest BCUT2D eigenvalue weighted by Gasteiger charge is -2.40. The quantitative estimate of drug-likeness (QED) is 0.928. The van der Waals surface area contributed by atoms with Crippen LogP contribution in [-0.4, -0.2) is 30.2 Å². The van der Waals surface area contributed by atoms with E-state index in [0.717, 1.165) is 24.8 Å². The monoisotopic (exact) mass is 288 g/mol. The fourth-order valence-corrected chi connectivity index (χ4v) is 3.32. The summed E-state index contributed by atoms with van der Waals surface area (Å²) in [6.07, 6.45) is 2.70. The number of ether oxygens (including phenoxy) is 1. The van der Waals surface area contributed by atoms with Crippen molar-refractivity contribution in [2.75, 3.05) is 13.3 Å². The molecule has 5 nitrogen and oxygen atoms in total. The van der Waals surface area contributed by atoms with E-state index in [1.54, 1.807) is 4.90 Å². The van der Waals surface area contributed by atoms with Gasteiger partial charge in [0.05, 0.1) is 12.0 Å². The molecule has 0 aromatic heterocycles. The first-order valence-corrected chi connectivity index (χ1v) is 7.49. The van der Waals surface area contributed by atoms with Gasteiger partial charge in [-0.15, -0.1) is 0 Å². The molecular formula is C16H20N2O3. The van der Waals surface area contributed by atoms with Gasteiger partial charge in [0.1, 0.15) is 6.73 Å². The lowest BCUT2D eigenvalue weighted by atomic mass is 9.87. The number of hydrogen-bond acceptors (Lipinski definition) is 3. The van der Waals surface area contributed by atoms with Gasteiger partial charge in [0, 0.05) is 6.61 Å². The fraction of sp³-hybridized carbons (Fsp3) is 0.500. The van der Waals surface area contributed by atoms with Crippen LogP contribution in [0.5, 0.6) is 0 Å². The molecule has 5 heteroatoms. The molecule has 2 unspecified atom stereocenters. The number of imide groups is 1. The zero-order valence-electron chi connectivity index (χ0n) is 12.2. The minimum absolute atomic E-state index is 0.158. The van der Waals surface area contributed by atoms with E-state index in [4.69, 9.17) is 4.74 Å². The molecule has 3 rings (SSSR count). The average Bonchev–Trinajstić information content (AvgIpc) is 2.67. The number of nitrogens with zero attached hydrogens (tertiary/aromatic N) is 1. The van der Waals surface area contributed by atoms with E-state index in [-0.39, 0.29) is 30.6 Å². The van der Waals surface area contributed by atoms with Crippen LogP contribution in [0.15, 0.2) is 24.3 Å². The van der Waals surface area contributed by atoms with Crippen LogP contribution in [0.2, 0.25) is 0 Å². The van der Waals surface area contributed by atoms with Crippen molar-refractivity contribution in [1.82, 2.24) is 10.2 Å². The number of fused-ring (bicyclic) bond motifs is 3. The standard InChI is InChI=1S/C16H20N2O3/c1-2-21-10-18-14-12-8-4-3-6-11(12)7-5-9-13(14)15(19)17-16(18)20/h3-4,6,8,13-14H,2,5,7,9-10H2,1H3,(H,17,19,20). The highest BCUT2D eigenvalue weighted by Gasteiger charge is 2.43. The zero-order valence-corrected chi connectivity index (χ0v) is 12.2. The van der Waals surface area contributed by atoms with Gasteiger partial charge in [-0.25, -0.2) is 4.79 Å². The number of rotatable bonds is 3. The van der Waals surface area contributed by atoms with Crippen molar-refractivity contribution in [3.63, 3.8) is 0 Å². The number of benzene rings is 1. The van der Waals surface area contributed by atoms with Crippen LogP contribution in [0.25, 0.3) is 0 Å². The van der Waals surface area contributed by atoms with Crippen molar-refractivity contribution < 1.29 is 14.3 Å². The predicted octanol–water partition coefficient (Wildman–Crippen LogP) is 2.23. The molecule has 1 N–H and O–H groups in total. The van der Waals surface area contributed by atoms with Crippen LogP contribution in [0.3, 0.4) is 0 Å². The van der Waals surface area contributed by atoms with E-state index in [9.17, 15) is 9.59 Å². The summed E-state index contributed by atoms with van der Waals surface area (Å²) >= 11 is 0. The third-order valence-corrected chi connectivity index (χ3v) is 4.31. The van der Waals surface area contributed by atoms with Crippen molar-refractivity contribution in [3.05, 3.63) is 35.4 Å². The molecule has 1 aliphatic heterocycles. The highest BCUT2D eigenvalue weighted by molar-refractivity contribution is 5.98. The van der Waals surface area contributed by atoms with Crippen molar-refractivity contribution >= 4 is 11.9 Å². The Balaban J connectivity index is 2.02. The van der Waals surface area contributed by atoms with Crippen LogP contribution < -0.4 is 5.32 Å². The van der Waals surface area contributed by atoms with Crippen LogP contribution in [0.4, 0.5) is 4.79 Å². The molecule has 0 radical (unpaired) electrons. The molecule has 2 atom stereocenters. The Morgan fingerprint density at radius 2 is 2.14 bits per heavy atom. The van der Waals surface area contributed by atoms with Crippen molar-refractivity contribution in [3.8, 4) is 0 Å². The second-order valence-corrected chi connectivity index (χ2v) is 5.53. The zero-order chi connectivity index (χ0) is 14.8. The molecule has 1 aliphatic carbocycles. The van der Waals surface area contributed by atoms with Crippen LogP contribution in [0, 0.1) is 5.92 Å². The molecule has 21 heavy (non-hydrogen) atoms. The number of nitrogens with one attached hydrogen (secondary N) is 1. The highest BCUT2D eigenvalue weighted by atomic mass is 16.5. The van der Waals surface area contributed by atoms with E-state index in [2.05, 4.69) is 11.4 Å². The van der Waals surface area contributed by atoms with E-state index < -0.39 is 0 Å². The number of urea groups is 1. The lowest BCUT2D eigenvalue weighted by Crippen LogP contribution is -2.56. The van der Waals surface area contributed by atoms with Gasteiger partial charge in [-0.3, -0.25) is 15.0 Å². The second kappa shape index (κ2) is 5.85. The maximum atomic E-state index is 12.2. The largest absolute Gasteiger partial charge is 0.361 e. The number of carbonyl (C=O) groups excluding carboxylic acids is 2. The minimum Gasteiger partial charge on any atom is -0.361 e. The van der Waals surface area contributed by atoms with Gasteiger partial charge in [0.25, 0.3) is 0 Å². The van der Waals surface area contributed by atoms with Crippen LogP contribution in [-0.2, 0) is 16.0 Å². The molecule has 2 aliphatic rings. The van der Waals surface area contributed by atoms with Gasteiger partial charge >= 0.3 is 6.03 Å². The number of hydrogen-bond donors (Lipinski definition) is 1. The summed E-state index contributed by atoms with van der Waals surface area (Å²) in [5.74, 6) is -0.346. The Kier molecular flexibility index (Phi) is 3.92. The molecular weight excluding hydrogens is 268 g/mol. The maximum absolute atomic E-state index is 12.2. The number of aryl methyl sites for hydroxylation is 1. The maximum Gasteiger partial charge on any atom is 0.326 e. The Labute approximate surface area is 124 Å². The Hall–Kier alpha value is -1.88. The molecule has 1 saturated heterocycles. The Bertz CT molecular complexity index is 558. The molecule has 1 fully saturated rings. The molecule has 1 heterocycles. The molecule has 3 amide bonds. The topological polar surface area (TPSA) is 58.6 Å². The van der Waals surface area contributed by atoms with Gasteiger partial charge in [-0.2, -0.15) is 0 Å². The van der Waals surface area contributed by atoms with E-state index >= 15 is 0 Å². The first kappa shape index (κ1) is 14.1. The van der Waals surface area contributed by atoms with Gasteiger partial charge in [-0.1, -0.05) is 24.3 Å². The molecule has 1 aromatic rings. The Morgan fingerprint density at radius 3 is 2.95 bits per heavy atom. The average molecular weight is 288 g/mol. The van der Waals surface area contributed by atoms with Crippen molar-refractivity contribution in [2.24, 2.45) is 5.92 Å². The van der Waals surface area contributed by atoms with Crippen LogP contribution in [0.1, 0.15) is 36.9 Å². The normalized spacial score (nSPS) is 24.9. The number of amides is 3. The van der Waals surface area contributed by atoms with Crippen molar-refractivity contribution in [2.45, 2.75) is 32.2 Å². The Morgan fingerprint density at radius 1 is 1.33 bits per heavy atom. The van der Waals surface area contributed by atoms with E-state index in [1.807, 2.05) is 25.1 Å². The first-order chi connectivity index (χ1) is 10.2. The molecule has 1 aromatic carbocycles. The molecule has 112 valence electrons. The lowest BCUT2D eigenvalue weighted by molar-refractivity contribution is -0.130. The van der Waals surface area contributed by atoms with Gasteiger partial charge in [-0.05, 0) is 37.3 Å². The summed E-state index contributed by atoms with van der Waals surface area (Å²) in [4.78, 5) is 26.1. The van der Waals surface area contributed by atoms with Crippen molar-refractivity contribution in [1.29, 1.82) is 0 Å². The first-order valence-electron chi connectivity index (χ1n) is 7.49. The third kappa shape index (κ3) is 2.53. The smallest absolute Gasteiger partial charge is 0.326 e. The number of carbonyl (C=O) groups is 2. The van der Waals surface area contributed by atoms with Crippen LogP contribution >= 0.6 is 0 Å².